The first-order valence-electron chi connectivity index (χ1n) is 5.59. The van der Waals surface area contributed by atoms with E-state index in [1.54, 1.807) is 9.36 Å². The van der Waals surface area contributed by atoms with Gasteiger partial charge in [0.1, 0.15) is 5.82 Å². The van der Waals surface area contributed by atoms with Gasteiger partial charge in [0.2, 0.25) is 0 Å². The van der Waals surface area contributed by atoms with Crippen molar-refractivity contribution in [2.75, 3.05) is 17.6 Å². The molecule has 0 bridgehead atoms. The topological polar surface area (TPSA) is 73.7 Å². The van der Waals surface area contributed by atoms with Crippen molar-refractivity contribution in [2.24, 2.45) is 14.1 Å². The van der Waals surface area contributed by atoms with Crippen molar-refractivity contribution in [1.29, 1.82) is 0 Å². The minimum absolute atomic E-state index is 0.716. The first-order chi connectivity index (χ1) is 8.08. The van der Waals surface area contributed by atoms with Crippen molar-refractivity contribution in [2.45, 2.75) is 13.3 Å². The standard InChI is InChI=1S/C11H18N6/c1-8-10(12)11(17(3)14-8)13-6-4-9-5-7-16(2)15-9/h5,7,13H,4,6,12H2,1-3H3. The first-order valence-corrected chi connectivity index (χ1v) is 5.59. The van der Waals surface area contributed by atoms with Crippen molar-refractivity contribution < 1.29 is 0 Å². The second kappa shape index (κ2) is 4.48. The minimum atomic E-state index is 0.716. The molecule has 6 nitrogen and oxygen atoms in total. The number of anilines is 2. The van der Waals surface area contributed by atoms with Gasteiger partial charge in [0, 0.05) is 33.3 Å². The summed E-state index contributed by atoms with van der Waals surface area (Å²) in [5, 5.41) is 11.9. The third-order valence-electron chi connectivity index (χ3n) is 2.71. The fourth-order valence-corrected chi connectivity index (χ4v) is 1.79. The lowest BCUT2D eigenvalue weighted by atomic mass is 10.3. The Balaban J connectivity index is 1.94. The molecule has 0 aliphatic carbocycles. The molecule has 0 atom stereocenters. The van der Waals surface area contributed by atoms with E-state index in [1.165, 1.54) is 0 Å². The maximum Gasteiger partial charge on any atom is 0.147 e. The fourth-order valence-electron chi connectivity index (χ4n) is 1.79. The van der Waals surface area contributed by atoms with E-state index in [2.05, 4.69) is 15.5 Å². The number of nitrogens with zero attached hydrogens (tertiary/aromatic N) is 4. The summed E-state index contributed by atoms with van der Waals surface area (Å²) in [7, 11) is 3.80. The first kappa shape index (κ1) is 11.5. The van der Waals surface area contributed by atoms with E-state index in [0.29, 0.717) is 5.69 Å². The van der Waals surface area contributed by atoms with Crippen LogP contribution < -0.4 is 11.1 Å². The van der Waals surface area contributed by atoms with Gasteiger partial charge in [-0.3, -0.25) is 9.36 Å². The molecule has 2 rings (SSSR count). The lowest BCUT2D eigenvalue weighted by Gasteiger charge is -2.06. The molecule has 2 heterocycles. The molecule has 0 saturated heterocycles. The summed E-state index contributed by atoms with van der Waals surface area (Å²) in [5.41, 5.74) is 8.56. The molecule has 0 unspecified atom stereocenters. The van der Waals surface area contributed by atoms with Gasteiger partial charge < -0.3 is 11.1 Å². The molecule has 6 heteroatoms. The summed E-state index contributed by atoms with van der Waals surface area (Å²) in [6.07, 6.45) is 2.81. The van der Waals surface area contributed by atoms with Crippen molar-refractivity contribution in [3.8, 4) is 0 Å². The molecule has 2 aromatic rings. The molecular weight excluding hydrogens is 216 g/mol. The lowest BCUT2D eigenvalue weighted by Crippen LogP contribution is -2.10. The monoisotopic (exact) mass is 234 g/mol. The number of hydrogen-bond donors (Lipinski definition) is 2. The lowest BCUT2D eigenvalue weighted by molar-refractivity contribution is 0.736. The normalized spacial score (nSPS) is 10.8. The van der Waals surface area contributed by atoms with Crippen LogP contribution in [0.25, 0.3) is 0 Å². The van der Waals surface area contributed by atoms with E-state index in [0.717, 1.165) is 30.2 Å². The predicted octanol–water partition coefficient (Wildman–Crippen LogP) is 0.699. The molecule has 92 valence electrons. The SMILES string of the molecule is Cc1nn(C)c(NCCc2ccn(C)n2)c1N. The van der Waals surface area contributed by atoms with Gasteiger partial charge in [-0.2, -0.15) is 10.2 Å². The largest absolute Gasteiger partial charge is 0.394 e. The zero-order valence-corrected chi connectivity index (χ0v) is 10.4. The molecule has 0 saturated carbocycles. The number of hydrogen-bond acceptors (Lipinski definition) is 4. The summed E-state index contributed by atoms with van der Waals surface area (Å²) in [6.45, 7) is 2.69. The van der Waals surface area contributed by atoms with Gasteiger partial charge in [-0.1, -0.05) is 0 Å². The summed E-state index contributed by atoms with van der Waals surface area (Å²) in [4.78, 5) is 0. The highest BCUT2D eigenvalue weighted by atomic mass is 15.3. The van der Waals surface area contributed by atoms with Gasteiger partial charge in [-0.05, 0) is 13.0 Å². The number of nitrogens with one attached hydrogen (secondary N) is 1. The van der Waals surface area contributed by atoms with Crippen molar-refractivity contribution in [3.63, 3.8) is 0 Å². The molecule has 3 N–H and O–H groups in total. The smallest absolute Gasteiger partial charge is 0.147 e. The summed E-state index contributed by atoms with van der Waals surface area (Å²) in [5.74, 6) is 0.874. The van der Waals surface area contributed by atoms with Gasteiger partial charge >= 0.3 is 0 Å². The second-order valence-electron chi connectivity index (χ2n) is 4.13. The molecular formula is C11H18N6. The Morgan fingerprint density at radius 3 is 2.65 bits per heavy atom. The van der Waals surface area contributed by atoms with Gasteiger partial charge in [0.05, 0.1) is 17.1 Å². The van der Waals surface area contributed by atoms with Gasteiger partial charge in [0.15, 0.2) is 0 Å². The van der Waals surface area contributed by atoms with Crippen LogP contribution in [0.5, 0.6) is 0 Å². The Kier molecular flexibility index (Phi) is 3.03. The molecule has 0 aliphatic heterocycles. The van der Waals surface area contributed by atoms with Crippen molar-refractivity contribution in [1.82, 2.24) is 19.6 Å². The Hall–Kier alpha value is -1.98. The van der Waals surface area contributed by atoms with E-state index < -0.39 is 0 Å². The van der Waals surface area contributed by atoms with Crippen molar-refractivity contribution in [3.05, 3.63) is 23.7 Å². The zero-order chi connectivity index (χ0) is 12.4. The van der Waals surface area contributed by atoms with E-state index in [1.807, 2.05) is 33.3 Å². The highest BCUT2D eigenvalue weighted by Crippen LogP contribution is 2.20. The summed E-state index contributed by atoms with van der Waals surface area (Å²) >= 11 is 0. The van der Waals surface area contributed by atoms with E-state index in [9.17, 15) is 0 Å². The van der Waals surface area contributed by atoms with Crippen LogP contribution in [-0.2, 0) is 20.5 Å². The molecule has 0 spiro atoms. The fraction of sp³-hybridized carbons (Fsp3) is 0.455. The van der Waals surface area contributed by atoms with Crippen LogP contribution in [0.2, 0.25) is 0 Å². The highest BCUT2D eigenvalue weighted by molar-refractivity contribution is 5.64. The summed E-state index contributed by atoms with van der Waals surface area (Å²) in [6, 6.07) is 2.01. The van der Waals surface area contributed by atoms with E-state index in [4.69, 9.17) is 5.73 Å². The average molecular weight is 234 g/mol. The van der Waals surface area contributed by atoms with Gasteiger partial charge in [-0.25, -0.2) is 0 Å². The second-order valence-corrected chi connectivity index (χ2v) is 4.13. The van der Waals surface area contributed by atoms with E-state index >= 15 is 0 Å². The zero-order valence-electron chi connectivity index (χ0n) is 10.4. The van der Waals surface area contributed by atoms with Gasteiger partial charge in [0.25, 0.3) is 0 Å². The number of nitrogens with two attached hydrogens (primary N) is 1. The Morgan fingerprint density at radius 1 is 1.35 bits per heavy atom. The van der Waals surface area contributed by atoms with Crippen LogP contribution in [0.15, 0.2) is 12.3 Å². The molecule has 0 aliphatic rings. The maximum atomic E-state index is 5.92. The molecule has 0 amide bonds. The van der Waals surface area contributed by atoms with E-state index in [-0.39, 0.29) is 0 Å². The Labute approximate surface area is 100 Å². The number of aryl methyl sites for hydroxylation is 3. The predicted molar refractivity (Wildman–Crippen MR) is 67.8 cm³/mol. The highest BCUT2D eigenvalue weighted by Gasteiger charge is 2.08. The molecule has 0 fully saturated rings. The molecule has 17 heavy (non-hydrogen) atoms. The van der Waals surface area contributed by atoms with Crippen LogP contribution in [-0.4, -0.2) is 26.1 Å². The van der Waals surface area contributed by atoms with Gasteiger partial charge in [-0.15, -0.1) is 0 Å². The third kappa shape index (κ3) is 2.41. The molecule has 0 radical (unpaired) electrons. The number of aromatic nitrogens is 4. The van der Waals surface area contributed by atoms with Crippen LogP contribution in [0.4, 0.5) is 11.5 Å². The molecule has 0 aromatic carbocycles. The van der Waals surface area contributed by atoms with Crippen molar-refractivity contribution >= 4 is 11.5 Å². The Morgan fingerprint density at radius 2 is 2.12 bits per heavy atom. The molecule has 2 aromatic heterocycles. The average Bonchev–Trinajstić information content (AvgIpc) is 2.78. The van der Waals surface area contributed by atoms with Crippen LogP contribution in [0.1, 0.15) is 11.4 Å². The Bertz CT molecular complexity index is 510. The maximum absolute atomic E-state index is 5.92. The van der Waals surface area contributed by atoms with Crippen LogP contribution in [0, 0.1) is 6.92 Å². The third-order valence-corrected chi connectivity index (χ3v) is 2.71. The van der Waals surface area contributed by atoms with Crippen LogP contribution in [0.3, 0.4) is 0 Å². The van der Waals surface area contributed by atoms with Crippen LogP contribution >= 0.6 is 0 Å². The summed E-state index contributed by atoms with van der Waals surface area (Å²) < 4.78 is 3.57. The minimum Gasteiger partial charge on any atom is -0.394 e. The number of nitrogen functional groups attached to an aromatic ring is 1. The quantitative estimate of drug-likeness (QED) is 0.816. The number of rotatable bonds is 4.